The Balaban J connectivity index is 0.00000144. The zero-order valence-electron chi connectivity index (χ0n) is 10.1. The minimum atomic E-state index is 0. The smallest absolute Gasteiger partial charge is 0.118 e. The minimum Gasteiger partial charge on any atom is -0.497 e. The molecule has 0 radical (unpaired) electrons. The van der Waals surface area contributed by atoms with Gasteiger partial charge in [-0.25, -0.2) is 0 Å². The van der Waals surface area contributed by atoms with Crippen molar-refractivity contribution in [1.82, 2.24) is 0 Å². The lowest BCUT2D eigenvalue weighted by Crippen LogP contribution is -2.40. The largest absolute Gasteiger partial charge is 0.497 e. The molecule has 1 saturated heterocycles. The van der Waals surface area contributed by atoms with Gasteiger partial charge in [0.05, 0.1) is 7.11 Å². The van der Waals surface area contributed by atoms with Crippen molar-refractivity contribution in [3.05, 3.63) is 29.8 Å². The van der Waals surface area contributed by atoms with Crippen LogP contribution in [0.4, 0.5) is 0 Å². The Morgan fingerprint density at radius 3 is 2.29 bits per heavy atom. The third kappa shape index (κ3) is 2.92. The van der Waals surface area contributed by atoms with Crippen molar-refractivity contribution >= 4 is 12.4 Å². The number of hydrogen-bond donors (Lipinski definition) is 1. The summed E-state index contributed by atoms with van der Waals surface area (Å²) in [5.74, 6) is 0.892. The molecule has 1 fully saturated rings. The fraction of sp³-hybridized carbons (Fsp3) is 0.538. The van der Waals surface area contributed by atoms with E-state index in [2.05, 4.69) is 12.1 Å². The van der Waals surface area contributed by atoms with E-state index in [1.807, 2.05) is 12.1 Å². The molecule has 17 heavy (non-hydrogen) atoms. The summed E-state index contributed by atoms with van der Waals surface area (Å²) < 4.78 is 10.6. The summed E-state index contributed by atoms with van der Waals surface area (Å²) in [4.78, 5) is 0. The van der Waals surface area contributed by atoms with E-state index in [0.717, 1.165) is 31.8 Å². The molecule has 0 spiro atoms. The molecule has 2 N–H and O–H groups in total. The molecule has 4 heteroatoms. The fourth-order valence-electron chi connectivity index (χ4n) is 2.32. The first-order valence-corrected chi connectivity index (χ1v) is 5.73. The van der Waals surface area contributed by atoms with Crippen LogP contribution in [0.5, 0.6) is 5.75 Å². The molecule has 1 heterocycles. The van der Waals surface area contributed by atoms with E-state index < -0.39 is 0 Å². The van der Waals surface area contributed by atoms with Gasteiger partial charge in [0.15, 0.2) is 0 Å². The predicted molar refractivity (Wildman–Crippen MR) is 71.0 cm³/mol. The van der Waals surface area contributed by atoms with Crippen LogP contribution in [0.15, 0.2) is 24.3 Å². The second-order valence-electron chi connectivity index (χ2n) is 4.33. The van der Waals surface area contributed by atoms with Crippen molar-refractivity contribution in [2.45, 2.75) is 18.3 Å². The first-order valence-electron chi connectivity index (χ1n) is 5.73. The van der Waals surface area contributed by atoms with Crippen LogP contribution < -0.4 is 10.5 Å². The highest BCUT2D eigenvalue weighted by Crippen LogP contribution is 2.34. The monoisotopic (exact) mass is 257 g/mol. The molecule has 0 bridgehead atoms. The van der Waals surface area contributed by atoms with E-state index in [4.69, 9.17) is 15.2 Å². The molecule has 96 valence electrons. The highest BCUT2D eigenvalue weighted by atomic mass is 35.5. The minimum absolute atomic E-state index is 0. The van der Waals surface area contributed by atoms with Crippen molar-refractivity contribution in [2.24, 2.45) is 5.73 Å². The number of hydrogen-bond acceptors (Lipinski definition) is 3. The maximum atomic E-state index is 5.95. The van der Waals surface area contributed by atoms with Gasteiger partial charge in [0, 0.05) is 25.2 Å². The Morgan fingerprint density at radius 2 is 1.82 bits per heavy atom. The summed E-state index contributed by atoms with van der Waals surface area (Å²) in [5.41, 5.74) is 7.36. The lowest BCUT2D eigenvalue weighted by molar-refractivity contribution is 0.0529. The van der Waals surface area contributed by atoms with E-state index in [1.54, 1.807) is 7.11 Å². The summed E-state index contributed by atoms with van der Waals surface area (Å²) >= 11 is 0. The number of methoxy groups -OCH3 is 1. The molecular weight excluding hydrogens is 238 g/mol. The third-order valence-corrected chi connectivity index (χ3v) is 3.54. The van der Waals surface area contributed by atoms with Gasteiger partial charge < -0.3 is 15.2 Å². The maximum absolute atomic E-state index is 5.95. The van der Waals surface area contributed by atoms with Gasteiger partial charge in [-0.3, -0.25) is 0 Å². The molecule has 0 saturated carbocycles. The first kappa shape index (κ1) is 14.3. The molecule has 1 aromatic carbocycles. The van der Waals surface area contributed by atoms with Gasteiger partial charge in [0.2, 0.25) is 0 Å². The van der Waals surface area contributed by atoms with Crippen molar-refractivity contribution in [3.8, 4) is 5.75 Å². The van der Waals surface area contributed by atoms with Crippen molar-refractivity contribution in [2.75, 3.05) is 26.9 Å². The summed E-state index contributed by atoms with van der Waals surface area (Å²) in [5, 5.41) is 0. The van der Waals surface area contributed by atoms with Crippen molar-refractivity contribution < 1.29 is 9.47 Å². The maximum Gasteiger partial charge on any atom is 0.118 e. The van der Waals surface area contributed by atoms with Gasteiger partial charge in [-0.15, -0.1) is 12.4 Å². The van der Waals surface area contributed by atoms with Gasteiger partial charge in [0.25, 0.3) is 0 Å². The molecule has 0 amide bonds. The Hall–Kier alpha value is -0.770. The molecule has 1 aromatic rings. The van der Waals surface area contributed by atoms with E-state index in [1.165, 1.54) is 5.56 Å². The van der Waals surface area contributed by atoms with Crippen molar-refractivity contribution in [1.29, 1.82) is 0 Å². The molecule has 0 aliphatic carbocycles. The number of halogens is 1. The molecule has 0 atom stereocenters. The molecule has 0 aromatic heterocycles. The summed E-state index contributed by atoms with van der Waals surface area (Å²) in [6.45, 7) is 2.30. The quantitative estimate of drug-likeness (QED) is 0.902. The van der Waals surface area contributed by atoms with Gasteiger partial charge in [0.1, 0.15) is 5.75 Å². The summed E-state index contributed by atoms with van der Waals surface area (Å²) in [6.07, 6.45) is 2.02. The van der Waals surface area contributed by atoms with E-state index in [0.29, 0.717) is 6.54 Å². The Morgan fingerprint density at radius 1 is 1.24 bits per heavy atom. The zero-order chi connectivity index (χ0) is 11.4. The average Bonchev–Trinajstić information content (AvgIpc) is 2.39. The van der Waals surface area contributed by atoms with Crippen LogP contribution in [0, 0.1) is 0 Å². The van der Waals surface area contributed by atoms with Gasteiger partial charge >= 0.3 is 0 Å². The first-order chi connectivity index (χ1) is 7.80. The number of benzene rings is 1. The van der Waals surface area contributed by atoms with E-state index in [-0.39, 0.29) is 17.8 Å². The van der Waals surface area contributed by atoms with E-state index in [9.17, 15) is 0 Å². The Bertz CT molecular complexity index is 334. The molecular formula is C13H20ClNO2. The molecule has 1 aliphatic heterocycles. The van der Waals surface area contributed by atoms with Crippen LogP contribution in [-0.2, 0) is 10.2 Å². The highest BCUT2D eigenvalue weighted by Gasteiger charge is 2.32. The van der Waals surface area contributed by atoms with Crippen molar-refractivity contribution in [3.63, 3.8) is 0 Å². The van der Waals surface area contributed by atoms with E-state index >= 15 is 0 Å². The van der Waals surface area contributed by atoms with Crippen LogP contribution >= 0.6 is 12.4 Å². The number of ether oxygens (including phenoxy) is 2. The number of nitrogens with two attached hydrogens (primary N) is 1. The second kappa shape index (κ2) is 6.24. The Labute approximate surface area is 109 Å². The molecule has 3 nitrogen and oxygen atoms in total. The lowest BCUT2D eigenvalue weighted by atomic mass is 9.74. The predicted octanol–water partition coefficient (Wildman–Crippen LogP) is 2.12. The van der Waals surface area contributed by atoms with Gasteiger partial charge in [-0.05, 0) is 30.5 Å². The topological polar surface area (TPSA) is 44.5 Å². The van der Waals surface area contributed by atoms with Crippen LogP contribution in [0.2, 0.25) is 0 Å². The number of rotatable bonds is 3. The normalized spacial score (nSPS) is 18.2. The van der Waals surface area contributed by atoms with Crippen LogP contribution in [0.1, 0.15) is 18.4 Å². The molecule has 1 aliphatic rings. The zero-order valence-corrected chi connectivity index (χ0v) is 11.0. The molecule has 2 rings (SSSR count). The summed E-state index contributed by atoms with van der Waals surface area (Å²) in [6, 6.07) is 8.25. The van der Waals surface area contributed by atoms with Gasteiger partial charge in [-0.1, -0.05) is 12.1 Å². The Kier molecular flexibility index (Phi) is 5.25. The third-order valence-electron chi connectivity index (χ3n) is 3.54. The SMILES string of the molecule is COc1ccc(C2(CN)CCOCC2)cc1.Cl. The molecule has 0 unspecified atom stereocenters. The van der Waals surface area contributed by atoms with Crippen LogP contribution in [-0.4, -0.2) is 26.9 Å². The van der Waals surface area contributed by atoms with Crippen LogP contribution in [0.25, 0.3) is 0 Å². The summed E-state index contributed by atoms with van der Waals surface area (Å²) in [7, 11) is 1.68. The van der Waals surface area contributed by atoms with Crippen LogP contribution in [0.3, 0.4) is 0 Å². The average molecular weight is 258 g/mol. The standard InChI is InChI=1S/C13H19NO2.ClH/c1-15-12-4-2-11(3-5-12)13(10-14)6-8-16-9-7-13;/h2-5H,6-10,14H2,1H3;1H. The van der Waals surface area contributed by atoms with Gasteiger partial charge in [-0.2, -0.15) is 0 Å². The second-order valence-corrected chi connectivity index (χ2v) is 4.33. The fourth-order valence-corrected chi connectivity index (χ4v) is 2.32. The highest BCUT2D eigenvalue weighted by molar-refractivity contribution is 5.85. The lowest BCUT2D eigenvalue weighted by Gasteiger charge is -2.36.